The lowest BCUT2D eigenvalue weighted by Crippen LogP contribution is -2.63. The largest absolute Gasteiger partial charge is 0.508 e. The number of phenolic OH excluding ortho intramolecular Hbond substituents is 1. The summed E-state index contributed by atoms with van der Waals surface area (Å²) in [5, 5.41) is 12.7. The van der Waals surface area contributed by atoms with Gasteiger partial charge in [-0.25, -0.2) is 0 Å². The van der Waals surface area contributed by atoms with Gasteiger partial charge in [-0.2, -0.15) is 0 Å². The molecule has 0 saturated carbocycles. The summed E-state index contributed by atoms with van der Waals surface area (Å²) < 4.78 is 6.33. The van der Waals surface area contributed by atoms with Crippen molar-refractivity contribution in [3.05, 3.63) is 129 Å². The Kier molecular flexibility index (Phi) is 9.43. The standard InChI is InChI=1S/C46H46N4O7/c1-47-43(54)40(8-5-17-51)50-44(55)38-19-31-21-46(22-32(31)20-39(38)45(50)56)26-49(27-46)41(53)25-48-23-35(24-48)57-34-13-9-29(10-14-34)42-36(28-6-3-2-4-7-28)15-11-30-18-33(52)12-16-37(30)42/h2-4,6-7,9-10,12-14,16-20,35-36,40,42,52H,5,8,11,15,21-27H2,1H3,(H,47,54). The van der Waals surface area contributed by atoms with Crippen molar-refractivity contribution in [1.29, 1.82) is 0 Å². The number of nitrogens with zero attached hydrogens (tertiary/aromatic N) is 3. The summed E-state index contributed by atoms with van der Waals surface area (Å²) in [7, 11) is 1.44. The predicted octanol–water partition coefficient (Wildman–Crippen LogP) is 4.63. The van der Waals surface area contributed by atoms with Gasteiger partial charge < -0.3 is 24.9 Å². The number of hydrogen-bond donors (Lipinski definition) is 2. The maximum absolute atomic E-state index is 13.4. The molecule has 3 atom stereocenters. The number of nitrogens with one attached hydrogen (secondary N) is 1. The molecule has 3 aliphatic heterocycles. The highest BCUT2D eigenvalue weighted by atomic mass is 16.5. The van der Waals surface area contributed by atoms with Crippen molar-refractivity contribution in [2.45, 2.75) is 62.5 Å². The monoisotopic (exact) mass is 766 g/mol. The molecule has 4 aromatic rings. The van der Waals surface area contributed by atoms with E-state index in [0.717, 1.165) is 34.6 Å². The summed E-state index contributed by atoms with van der Waals surface area (Å²) in [6.45, 7) is 2.94. The number of likely N-dealkylation sites (N-methyl/N-ethyl adjacent to an activating group) is 1. The van der Waals surface area contributed by atoms with Crippen molar-refractivity contribution in [2.24, 2.45) is 5.41 Å². The number of ether oxygens (including phenoxy) is 1. The zero-order valence-electron chi connectivity index (χ0n) is 32.0. The van der Waals surface area contributed by atoms with Crippen molar-refractivity contribution in [2.75, 3.05) is 39.8 Å². The lowest BCUT2D eigenvalue weighted by Gasteiger charge is -2.49. The van der Waals surface area contributed by atoms with Crippen LogP contribution in [0, 0.1) is 5.41 Å². The molecular weight excluding hydrogens is 721 g/mol. The quantitative estimate of drug-likeness (QED) is 0.167. The fourth-order valence-electron chi connectivity index (χ4n) is 10.1. The number of carbonyl (C=O) groups excluding carboxylic acids is 5. The van der Waals surface area contributed by atoms with E-state index in [1.807, 2.05) is 23.1 Å². The Labute approximate surface area is 331 Å². The van der Waals surface area contributed by atoms with Crippen LogP contribution < -0.4 is 10.1 Å². The number of rotatable bonds is 11. The molecule has 5 aliphatic rings. The van der Waals surface area contributed by atoms with E-state index in [4.69, 9.17) is 4.74 Å². The topological polar surface area (TPSA) is 137 Å². The minimum atomic E-state index is -1.04. The molecule has 4 amide bonds. The van der Waals surface area contributed by atoms with Crippen LogP contribution in [0.3, 0.4) is 0 Å². The molecule has 57 heavy (non-hydrogen) atoms. The number of aryl methyl sites for hydroxylation is 1. The molecule has 3 unspecified atom stereocenters. The van der Waals surface area contributed by atoms with Crippen LogP contribution in [0.5, 0.6) is 11.5 Å². The van der Waals surface area contributed by atoms with Crippen LogP contribution in [-0.2, 0) is 33.6 Å². The Balaban J connectivity index is 0.773. The average Bonchev–Trinajstić information content (AvgIpc) is 3.69. The highest BCUT2D eigenvalue weighted by Gasteiger charge is 2.51. The van der Waals surface area contributed by atoms with Crippen LogP contribution in [0.25, 0.3) is 0 Å². The predicted molar refractivity (Wildman–Crippen MR) is 211 cm³/mol. The molecule has 0 radical (unpaired) electrons. The number of hydrogen-bond acceptors (Lipinski definition) is 8. The Bertz CT molecular complexity index is 2220. The normalized spacial score (nSPS) is 21.3. The van der Waals surface area contributed by atoms with E-state index in [1.165, 1.54) is 29.3 Å². The van der Waals surface area contributed by atoms with Crippen molar-refractivity contribution in [1.82, 2.24) is 20.0 Å². The number of amides is 4. The van der Waals surface area contributed by atoms with Crippen molar-refractivity contribution in [3.63, 3.8) is 0 Å². The van der Waals surface area contributed by atoms with E-state index in [9.17, 15) is 29.1 Å². The molecule has 0 aromatic heterocycles. The van der Waals surface area contributed by atoms with Gasteiger partial charge in [0.2, 0.25) is 11.8 Å². The fraction of sp³-hybridized carbons (Fsp3) is 0.370. The average molecular weight is 767 g/mol. The number of imide groups is 1. The molecule has 0 bridgehead atoms. The molecule has 9 rings (SSSR count). The second kappa shape index (κ2) is 14.6. The van der Waals surface area contributed by atoms with E-state index in [-0.39, 0.29) is 36.2 Å². The lowest BCUT2D eigenvalue weighted by molar-refractivity contribution is -0.146. The highest BCUT2D eigenvalue weighted by Crippen LogP contribution is 2.48. The molecule has 2 saturated heterocycles. The summed E-state index contributed by atoms with van der Waals surface area (Å²) in [6, 6.07) is 27.4. The van der Waals surface area contributed by atoms with E-state index in [1.54, 1.807) is 18.2 Å². The van der Waals surface area contributed by atoms with Crippen LogP contribution in [-0.4, -0.2) is 102 Å². The Morgan fingerprint density at radius 1 is 0.895 bits per heavy atom. The van der Waals surface area contributed by atoms with Gasteiger partial charge in [-0.05, 0) is 108 Å². The van der Waals surface area contributed by atoms with Gasteiger partial charge in [-0.1, -0.05) is 48.5 Å². The van der Waals surface area contributed by atoms with Crippen molar-refractivity contribution < 1.29 is 33.8 Å². The Morgan fingerprint density at radius 3 is 2.23 bits per heavy atom. The second-order valence-electron chi connectivity index (χ2n) is 16.5. The summed E-state index contributed by atoms with van der Waals surface area (Å²) in [4.78, 5) is 68.7. The number of carbonyl (C=O) groups is 5. The van der Waals surface area contributed by atoms with Crippen LogP contribution in [0.1, 0.15) is 85.2 Å². The van der Waals surface area contributed by atoms with Gasteiger partial charge in [0.05, 0.1) is 17.7 Å². The lowest BCUT2D eigenvalue weighted by atomic mass is 9.69. The number of phenols is 1. The number of benzene rings is 4. The third-order valence-corrected chi connectivity index (χ3v) is 12.8. The smallest absolute Gasteiger partial charge is 0.262 e. The van der Waals surface area contributed by atoms with Gasteiger partial charge in [0.1, 0.15) is 29.9 Å². The third-order valence-electron chi connectivity index (χ3n) is 12.8. The van der Waals surface area contributed by atoms with E-state index < -0.39 is 23.8 Å². The molecule has 3 heterocycles. The summed E-state index contributed by atoms with van der Waals surface area (Å²) in [6.07, 6.45) is 4.18. The number of aldehydes is 1. The van der Waals surface area contributed by atoms with Crippen LogP contribution in [0.4, 0.5) is 0 Å². The molecule has 292 valence electrons. The van der Waals surface area contributed by atoms with Gasteiger partial charge in [-0.3, -0.25) is 29.0 Å². The van der Waals surface area contributed by atoms with Gasteiger partial charge >= 0.3 is 0 Å². The SMILES string of the molecule is CNC(=O)C(CCC=O)N1C(=O)c2cc3c(cc2C1=O)CC1(C3)CN(C(=O)CN2CC(Oc3ccc(C4c5ccc(O)cc5CCC4c4ccccc4)cc3)C2)C1. The second-order valence-corrected chi connectivity index (χ2v) is 16.5. The Morgan fingerprint density at radius 2 is 1.58 bits per heavy atom. The molecule has 11 nitrogen and oxygen atoms in total. The first-order chi connectivity index (χ1) is 27.6. The van der Waals surface area contributed by atoms with Crippen LogP contribution in [0.15, 0.2) is 84.9 Å². The van der Waals surface area contributed by atoms with E-state index in [2.05, 4.69) is 58.7 Å². The zero-order valence-corrected chi connectivity index (χ0v) is 32.0. The molecule has 1 spiro atoms. The number of aromatic hydroxyl groups is 1. The van der Waals surface area contributed by atoms with Crippen LogP contribution >= 0.6 is 0 Å². The summed E-state index contributed by atoms with van der Waals surface area (Å²) in [5.74, 6) is 0.205. The first-order valence-corrected chi connectivity index (χ1v) is 20.0. The van der Waals surface area contributed by atoms with Crippen LogP contribution in [0.2, 0.25) is 0 Å². The Hall–Kier alpha value is -5.81. The highest BCUT2D eigenvalue weighted by molar-refractivity contribution is 6.23. The fourth-order valence-corrected chi connectivity index (χ4v) is 10.1. The maximum atomic E-state index is 13.4. The zero-order chi connectivity index (χ0) is 39.4. The first kappa shape index (κ1) is 36.8. The summed E-state index contributed by atoms with van der Waals surface area (Å²) in [5.41, 5.74) is 7.49. The van der Waals surface area contributed by atoms with E-state index >= 15 is 0 Å². The number of fused-ring (bicyclic) bond motifs is 3. The third kappa shape index (κ3) is 6.67. The van der Waals surface area contributed by atoms with Crippen molar-refractivity contribution in [3.8, 4) is 11.5 Å². The van der Waals surface area contributed by atoms with Gasteiger partial charge in [0.15, 0.2) is 0 Å². The minimum Gasteiger partial charge on any atom is -0.508 e. The maximum Gasteiger partial charge on any atom is 0.262 e. The summed E-state index contributed by atoms with van der Waals surface area (Å²) >= 11 is 0. The molecule has 2 N–H and O–H groups in total. The van der Waals surface area contributed by atoms with Crippen molar-refractivity contribution >= 4 is 29.9 Å². The minimum absolute atomic E-state index is 0.00566. The molecular formula is C46H46N4O7. The van der Waals surface area contributed by atoms with E-state index in [0.29, 0.717) is 74.6 Å². The molecule has 2 fully saturated rings. The number of likely N-dealkylation sites (tertiary alicyclic amines) is 2. The van der Waals surface area contributed by atoms with Gasteiger partial charge in [-0.15, -0.1) is 0 Å². The first-order valence-electron chi connectivity index (χ1n) is 20.0. The molecule has 2 aliphatic carbocycles. The molecule has 4 aromatic carbocycles. The van der Waals surface area contributed by atoms with Gasteiger partial charge in [0, 0.05) is 51.0 Å². The molecule has 11 heteroatoms. The van der Waals surface area contributed by atoms with Gasteiger partial charge in [0.25, 0.3) is 11.8 Å².